The first-order valence-electron chi connectivity index (χ1n) is 7.23. The number of anilines is 1. The summed E-state index contributed by atoms with van der Waals surface area (Å²) in [6, 6.07) is 17.2. The van der Waals surface area contributed by atoms with E-state index in [0.717, 1.165) is 13.0 Å². The number of hydrogen-bond donors (Lipinski definition) is 1. The van der Waals surface area contributed by atoms with Crippen LogP contribution in [-0.4, -0.2) is 7.05 Å². The van der Waals surface area contributed by atoms with Crippen LogP contribution >= 0.6 is 0 Å². The molecule has 106 valence electrons. The Labute approximate surface area is 122 Å². The molecule has 0 fully saturated rings. The Hall–Kier alpha value is -1.80. The highest BCUT2D eigenvalue weighted by Gasteiger charge is 2.12. The van der Waals surface area contributed by atoms with Crippen LogP contribution in [0.2, 0.25) is 0 Å². The van der Waals surface area contributed by atoms with Crippen molar-refractivity contribution in [1.82, 2.24) is 0 Å². The molecule has 0 radical (unpaired) electrons. The van der Waals surface area contributed by atoms with Crippen molar-refractivity contribution in [2.45, 2.75) is 32.9 Å². The van der Waals surface area contributed by atoms with E-state index in [1.807, 2.05) is 0 Å². The molecule has 1 atom stereocenters. The molecule has 20 heavy (non-hydrogen) atoms. The van der Waals surface area contributed by atoms with Gasteiger partial charge in [0.25, 0.3) is 0 Å². The minimum atomic E-state index is 0.103. The zero-order valence-electron chi connectivity index (χ0n) is 12.6. The normalized spacial score (nSPS) is 12.2. The smallest absolute Gasteiger partial charge is 0.0426 e. The molecule has 2 rings (SSSR count). The fourth-order valence-corrected chi connectivity index (χ4v) is 2.54. The lowest BCUT2D eigenvalue weighted by molar-refractivity contribution is 0.694. The SMILES string of the molecule is CCC(N)c1ccccc1N(C)Cc1cccc(C)c1. The van der Waals surface area contributed by atoms with Gasteiger partial charge < -0.3 is 10.6 Å². The molecule has 2 aromatic carbocycles. The summed E-state index contributed by atoms with van der Waals surface area (Å²) in [5.74, 6) is 0. The predicted octanol–water partition coefficient (Wildman–Crippen LogP) is 4.04. The molecular formula is C18H24N2. The van der Waals surface area contributed by atoms with Crippen LogP contribution in [0.1, 0.15) is 36.1 Å². The second-order valence-corrected chi connectivity index (χ2v) is 5.42. The molecule has 0 heterocycles. The van der Waals surface area contributed by atoms with Crippen molar-refractivity contribution in [2.75, 3.05) is 11.9 Å². The van der Waals surface area contributed by atoms with Gasteiger partial charge in [0.2, 0.25) is 0 Å². The second-order valence-electron chi connectivity index (χ2n) is 5.42. The topological polar surface area (TPSA) is 29.3 Å². The van der Waals surface area contributed by atoms with Gasteiger partial charge in [0.05, 0.1) is 0 Å². The fourth-order valence-electron chi connectivity index (χ4n) is 2.54. The number of nitrogens with two attached hydrogens (primary N) is 1. The van der Waals surface area contributed by atoms with E-state index in [1.54, 1.807) is 0 Å². The molecule has 0 saturated carbocycles. The monoisotopic (exact) mass is 268 g/mol. The first kappa shape index (κ1) is 14.6. The molecule has 2 heteroatoms. The fraction of sp³-hybridized carbons (Fsp3) is 0.333. The van der Waals surface area contributed by atoms with Crippen LogP contribution in [0.15, 0.2) is 48.5 Å². The standard InChI is InChI=1S/C18H24N2/c1-4-17(19)16-10-5-6-11-18(16)20(3)13-15-9-7-8-14(2)12-15/h5-12,17H,4,13,19H2,1-3H3. The van der Waals surface area contributed by atoms with Gasteiger partial charge in [0.1, 0.15) is 0 Å². The number of para-hydroxylation sites is 1. The molecule has 0 aliphatic rings. The van der Waals surface area contributed by atoms with Crippen molar-refractivity contribution in [3.63, 3.8) is 0 Å². The van der Waals surface area contributed by atoms with E-state index in [0.29, 0.717) is 0 Å². The zero-order valence-corrected chi connectivity index (χ0v) is 12.6. The third-order valence-electron chi connectivity index (χ3n) is 3.69. The van der Waals surface area contributed by atoms with Crippen molar-refractivity contribution in [3.8, 4) is 0 Å². The van der Waals surface area contributed by atoms with Crippen molar-refractivity contribution < 1.29 is 0 Å². The van der Waals surface area contributed by atoms with Crippen LogP contribution in [0, 0.1) is 6.92 Å². The van der Waals surface area contributed by atoms with Gasteiger partial charge in [-0.15, -0.1) is 0 Å². The Balaban J connectivity index is 2.23. The highest BCUT2D eigenvalue weighted by atomic mass is 15.1. The Morgan fingerprint density at radius 2 is 1.85 bits per heavy atom. The summed E-state index contributed by atoms with van der Waals surface area (Å²) in [5.41, 5.74) is 11.3. The maximum atomic E-state index is 6.22. The molecule has 2 aromatic rings. The molecule has 0 spiro atoms. The van der Waals surface area contributed by atoms with Gasteiger partial charge >= 0.3 is 0 Å². The molecule has 0 aromatic heterocycles. The van der Waals surface area contributed by atoms with Gasteiger partial charge in [-0.2, -0.15) is 0 Å². The number of rotatable bonds is 5. The lowest BCUT2D eigenvalue weighted by atomic mass is 10.0. The molecule has 0 amide bonds. The Kier molecular flexibility index (Phi) is 4.80. The van der Waals surface area contributed by atoms with E-state index in [-0.39, 0.29) is 6.04 Å². The van der Waals surface area contributed by atoms with Crippen LogP contribution in [-0.2, 0) is 6.54 Å². The summed E-state index contributed by atoms with van der Waals surface area (Å²) in [5, 5.41) is 0. The van der Waals surface area contributed by atoms with Crippen LogP contribution in [0.3, 0.4) is 0 Å². The molecule has 0 saturated heterocycles. The van der Waals surface area contributed by atoms with E-state index in [2.05, 4.69) is 74.3 Å². The van der Waals surface area contributed by atoms with Gasteiger partial charge in [-0.3, -0.25) is 0 Å². The summed E-state index contributed by atoms with van der Waals surface area (Å²) in [6.07, 6.45) is 0.954. The zero-order chi connectivity index (χ0) is 14.5. The average Bonchev–Trinajstić information content (AvgIpc) is 2.46. The van der Waals surface area contributed by atoms with Crippen LogP contribution < -0.4 is 10.6 Å². The van der Waals surface area contributed by atoms with Crippen molar-refractivity contribution in [1.29, 1.82) is 0 Å². The van der Waals surface area contributed by atoms with Crippen LogP contribution in [0.4, 0.5) is 5.69 Å². The summed E-state index contributed by atoms with van der Waals surface area (Å²) in [7, 11) is 2.13. The van der Waals surface area contributed by atoms with Gasteiger partial charge in [-0.25, -0.2) is 0 Å². The lowest BCUT2D eigenvalue weighted by Crippen LogP contribution is -2.20. The molecule has 0 aliphatic heterocycles. The van der Waals surface area contributed by atoms with Crippen molar-refractivity contribution >= 4 is 5.69 Å². The molecular weight excluding hydrogens is 244 g/mol. The first-order valence-corrected chi connectivity index (χ1v) is 7.23. The summed E-state index contributed by atoms with van der Waals surface area (Å²) >= 11 is 0. The molecule has 2 N–H and O–H groups in total. The predicted molar refractivity (Wildman–Crippen MR) is 86.9 cm³/mol. The quantitative estimate of drug-likeness (QED) is 0.886. The second kappa shape index (κ2) is 6.58. The summed E-state index contributed by atoms with van der Waals surface area (Å²) < 4.78 is 0. The van der Waals surface area contributed by atoms with Gasteiger partial charge in [-0.1, -0.05) is 55.0 Å². The van der Waals surface area contributed by atoms with Gasteiger partial charge in [0.15, 0.2) is 0 Å². The maximum absolute atomic E-state index is 6.22. The average molecular weight is 268 g/mol. The summed E-state index contributed by atoms with van der Waals surface area (Å²) in [6.45, 7) is 5.15. The molecule has 1 unspecified atom stereocenters. The van der Waals surface area contributed by atoms with Gasteiger partial charge in [0, 0.05) is 25.3 Å². The minimum absolute atomic E-state index is 0.103. The number of nitrogens with zero attached hydrogens (tertiary/aromatic N) is 1. The minimum Gasteiger partial charge on any atom is -0.370 e. The van der Waals surface area contributed by atoms with E-state index in [4.69, 9.17) is 5.73 Å². The third kappa shape index (κ3) is 3.40. The largest absolute Gasteiger partial charge is 0.370 e. The maximum Gasteiger partial charge on any atom is 0.0426 e. The Bertz CT molecular complexity index is 563. The van der Waals surface area contributed by atoms with Crippen LogP contribution in [0.25, 0.3) is 0 Å². The third-order valence-corrected chi connectivity index (χ3v) is 3.69. The molecule has 0 bridgehead atoms. The highest BCUT2D eigenvalue weighted by molar-refractivity contribution is 5.54. The highest BCUT2D eigenvalue weighted by Crippen LogP contribution is 2.27. The number of aryl methyl sites for hydroxylation is 1. The lowest BCUT2D eigenvalue weighted by Gasteiger charge is -2.25. The van der Waals surface area contributed by atoms with Crippen LogP contribution in [0.5, 0.6) is 0 Å². The molecule has 0 aliphatic carbocycles. The first-order chi connectivity index (χ1) is 9.61. The number of hydrogen-bond acceptors (Lipinski definition) is 2. The number of benzene rings is 2. The van der Waals surface area contributed by atoms with E-state index in [1.165, 1.54) is 22.4 Å². The van der Waals surface area contributed by atoms with E-state index in [9.17, 15) is 0 Å². The van der Waals surface area contributed by atoms with E-state index < -0.39 is 0 Å². The Morgan fingerprint density at radius 3 is 2.55 bits per heavy atom. The van der Waals surface area contributed by atoms with Gasteiger partial charge in [-0.05, 0) is 30.5 Å². The van der Waals surface area contributed by atoms with E-state index >= 15 is 0 Å². The van der Waals surface area contributed by atoms with Crippen molar-refractivity contribution in [2.24, 2.45) is 5.73 Å². The Morgan fingerprint density at radius 1 is 1.10 bits per heavy atom. The van der Waals surface area contributed by atoms with Crippen molar-refractivity contribution in [3.05, 3.63) is 65.2 Å². The molecule has 2 nitrogen and oxygen atoms in total. The summed E-state index contributed by atoms with van der Waals surface area (Å²) in [4.78, 5) is 2.28.